The Bertz CT molecular complexity index is 213. The number of ketones is 1. The lowest BCUT2D eigenvalue weighted by atomic mass is 10.1. The molecule has 3 heteroatoms. The minimum absolute atomic E-state index is 0.245. The maximum absolute atomic E-state index is 11.4. The normalized spacial score (nSPS) is 17.2. The second-order valence-electron chi connectivity index (χ2n) is 4.00. The Morgan fingerprint density at radius 1 is 1.36 bits per heavy atom. The first-order chi connectivity index (χ1) is 6.70. The Kier molecular flexibility index (Phi) is 4.63. The molecule has 0 radical (unpaired) electrons. The van der Waals surface area contributed by atoms with Crippen LogP contribution in [0.5, 0.6) is 0 Å². The smallest absolute Gasteiger partial charge is 0.222 e. The molecule has 1 aliphatic rings. The van der Waals surface area contributed by atoms with Crippen LogP contribution in [0.2, 0.25) is 0 Å². The van der Waals surface area contributed by atoms with Crippen LogP contribution in [-0.2, 0) is 9.59 Å². The fourth-order valence-electron chi connectivity index (χ4n) is 1.77. The number of hydrogen-bond acceptors (Lipinski definition) is 2. The van der Waals surface area contributed by atoms with E-state index in [4.69, 9.17) is 0 Å². The molecule has 0 aliphatic carbocycles. The van der Waals surface area contributed by atoms with E-state index >= 15 is 0 Å². The van der Waals surface area contributed by atoms with Crippen LogP contribution >= 0.6 is 0 Å². The molecule has 0 spiro atoms. The van der Waals surface area contributed by atoms with Crippen molar-refractivity contribution in [2.75, 3.05) is 13.1 Å². The number of piperidine rings is 1. The van der Waals surface area contributed by atoms with Crippen molar-refractivity contribution in [1.82, 2.24) is 4.90 Å². The fraction of sp³-hybridized carbons (Fsp3) is 0.818. The molecule has 1 saturated heterocycles. The minimum atomic E-state index is 0.245. The summed E-state index contributed by atoms with van der Waals surface area (Å²) in [6.07, 6.45) is 5.43. The monoisotopic (exact) mass is 197 g/mol. The summed E-state index contributed by atoms with van der Waals surface area (Å²) in [5, 5.41) is 0. The van der Waals surface area contributed by atoms with Gasteiger partial charge in [-0.2, -0.15) is 0 Å². The summed E-state index contributed by atoms with van der Waals surface area (Å²) in [5.41, 5.74) is 0. The molecule has 0 bridgehead atoms. The van der Waals surface area contributed by atoms with Crippen LogP contribution in [0, 0.1) is 0 Å². The van der Waals surface area contributed by atoms with E-state index in [1.807, 2.05) is 4.90 Å². The Balaban J connectivity index is 2.10. The number of unbranched alkanes of at least 4 members (excludes halogenated alkanes) is 1. The van der Waals surface area contributed by atoms with E-state index in [0.29, 0.717) is 18.7 Å². The Morgan fingerprint density at radius 2 is 2.14 bits per heavy atom. The lowest BCUT2D eigenvalue weighted by molar-refractivity contribution is -0.133. The van der Waals surface area contributed by atoms with Crippen LogP contribution in [-0.4, -0.2) is 29.7 Å². The van der Waals surface area contributed by atoms with Crippen LogP contribution in [0.15, 0.2) is 0 Å². The molecule has 0 aromatic rings. The zero-order valence-electron chi connectivity index (χ0n) is 8.92. The van der Waals surface area contributed by atoms with Crippen molar-refractivity contribution in [3.8, 4) is 0 Å². The van der Waals surface area contributed by atoms with Crippen molar-refractivity contribution in [2.24, 2.45) is 0 Å². The van der Waals surface area contributed by atoms with Gasteiger partial charge in [0.2, 0.25) is 5.91 Å². The second kappa shape index (κ2) is 5.78. The number of rotatable bonds is 5. The molecule has 1 amide bonds. The number of carbonyl (C=O) groups excluding carboxylic acids is 2. The summed E-state index contributed by atoms with van der Waals surface area (Å²) in [5.74, 6) is 0.536. The zero-order valence-corrected chi connectivity index (χ0v) is 8.92. The van der Waals surface area contributed by atoms with Gasteiger partial charge in [0.1, 0.15) is 5.78 Å². The van der Waals surface area contributed by atoms with Crippen molar-refractivity contribution in [2.45, 2.75) is 45.4 Å². The van der Waals surface area contributed by atoms with E-state index in [0.717, 1.165) is 38.8 Å². The average molecular weight is 197 g/mol. The van der Waals surface area contributed by atoms with Gasteiger partial charge in [-0.1, -0.05) is 0 Å². The molecular formula is C11H19NO2. The summed E-state index contributed by atoms with van der Waals surface area (Å²) >= 11 is 0. The predicted octanol–water partition coefficient (Wildman–Crippen LogP) is 1.76. The van der Waals surface area contributed by atoms with Crippen LogP contribution in [0.1, 0.15) is 45.4 Å². The molecule has 0 aromatic carbocycles. The van der Waals surface area contributed by atoms with Gasteiger partial charge in [0.15, 0.2) is 0 Å². The van der Waals surface area contributed by atoms with E-state index in [-0.39, 0.29) is 5.78 Å². The molecule has 1 heterocycles. The second-order valence-corrected chi connectivity index (χ2v) is 4.00. The highest BCUT2D eigenvalue weighted by molar-refractivity contribution is 5.77. The van der Waals surface area contributed by atoms with E-state index in [1.165, 1.54) is 0 Å². The maximum Gasteiger partial charge on any atom is 0.222 e. The minimum Gasteiger partial charge on any atom is -0.343 e. The van der Waals surface area contributed by atoms with Gasteiger partial charge < -0.3 is 9.69 Å². The van der Waals surface area contributed by atoms with Crippen LogP contribution < -0.4 is 0 Å². The fourth-order valence-corrected chi connectivity index (χ4v) is 1.77. The molecule has 1 rings (SSSR count). The first-order valence-corrected chi connectivity index (χ1v) is 5.47. The third kappa shape index (κ3) is 3.90. The number of Topliss-reactive ketones (excluding diaryl/α,β-unsaturated/α-hetero) is 1. The highest BCUT2D eigenvalue weighted by Gasteiger charge is 2.16. The third-order valence-corrected chi connectivity index (χ3v) is 2.63. The molecule has 14 heavy (non-hydrogen) atoms. The maximum atomic E-state index is 11.4. The largest absolute Gasteiger partial charge is 0.343 e. The van der Waals surface area contributed by atoms with Gasteiger partial charge in [-0.25, -0.2) is 0 Å². The predicted molar refractivity (Wildman–Crippen MR) is 55.0 cm³/mol. The van der Waals surface area contributed by atoms with E-state index < -0.39 is 0 Å². The summed E-state index contributed by atoms with van der Waals surface area (Å²) in [4.78, 5) is 24.0. The standard InChI is InChI=1S/C11H19NO2/c1-10(13)6-2-4-8-12-9-5-3-7-11(12)14/h2-9H2,1H3. The number of carbonyl (C=O) groups is 2. The van der Waals surface area contributed by atoms with Crippen LogP contribution in [0.4, 0.5) is 0 Å². The molecule has 0 N–H and O–H groups in total. The van der Waals surface area contributed by atoms with Crippen molar-refractivity contribution < 1.29 is 9.59 Å². The SMILES string of the molecule is CC(=O)CCCCN1CCCCC1=O. The molecule has 3 nitrogen and oxygen atoms in total. The van der Waals surface area contributed by atoms with Crippen molar-refractivity contribution in [3.63, 3.8) is 0 Å². The zero-order chi connectivity index (χ0) is 10.4. The number of hydrogen-bond donors (Lipinski definition) is 0. The topological polar surface area (TPSA) is 37.4 Å². The Morgan fingerprint density at radius 3 is 2.79 bits per heavy atom. The van der Waals surface area contributed by atoms with Crippen LogP contribution in [0.3, 0.4) is 0 Å². The highest BCUT2D eigenvalue weighted by atomic mass is 16.2. The first kappa shape index (κ1) is 11.2. The van der Waals surface area contributed by atoms with Crippen molar-refractivity contribution >= 4 is 11.7 Å². The van der Waals surface area contributed by atoms with E-state index in [1.54, 1.807) is 6.92 Å². The molecule has 1 fully saturated rings. The molecule has 0 atom stereocenters. The lowest BCUT2D eigenvalue weighted by Crippen LogP contribution is -2.35. The molecular weight excluding hydrogens is 178 g/mol. The average Bonchev–Trinajstić information content (AvgIpc) is 2.15. The number of nitrogens with zero attached hydrogens (tertiary/aromatic N) is 1. The van der Waals surface area contributed by atoms with Gasteiger partial charge in [-0.3, -0.25) is 4.79 Å². The summed E-state index contributed by atoms with van der Waals surface area (Å²) in [6.45, 7) is 3.37. The Labute approximate surface area is 85.5 Å². The van der Waals surface area contributed by atoms with Gasteiger partial charge in [0.25, 0.3) is 0 Å². The summed E-state index contributed by atoms with van der Waals surface area (Å²) < 4.78 is 0. The highest BCUT2D eigenvalue weighted by Crippen LogP contribution is 2.11. The first-order valence-electron chi connectivity index (χ1n) is 5.47. The third-order valence-electron chi connectivity index (χ3n) is 2.63. The lowest BCUT2D eigenvalue weighted by Gasteiger charge is -2.26. The van der Waals surface area contributed by atoms with Crippen LogP contribution in [0.25, 0.3) is 0 Å². The molecule has 0 saturated carbocycles. The van der Waals surface area contributed by atoms with Gasteiger partial charge in [0.05, 0.1) is 0 Å². The summed E-state index contributed by atoms with van der Waals surface area (Å²) in [7, 11) is 0. The molecule has 1 aliphatic heterocycles. The van der Waals surface area contributed by atoms with Gasteiger partial charge in [0, 0.05) is 25.9 Å². The molecule has 0 aromatic heterocycles. The van der Waals surface area contributed by atoms with Crippen molar-refractivity contribution in [3.05, 3.63) is 0 Å². The van der Waals surface area contributed by atoms with Gasteiger partial charge in [-0.05, 0) is 32.6 Å². The van der Waals surface area contributed by atoms with Crippen molar-refractivity contribution in [1.29, 1.82) is 0 Å². The molecule has 80 valence electrons. The summed E-state index contributed by atoms with van der Waals surface area (Å²) in [6, 6.07) is 0. The van der Waals surface area contributed by atoms with E-state index in [2.05, 4.69) is 0 Å². The van der Waals surface area contributed by atoms with E-state index in [9.17, 15) is 9.59 Å². The number of amides is 1. The Hall–Kier alpha value is -0.860. The number of likely N-dealkylation sites (tertiary alicyclic amines) is 1. The van der Waals surface area contributed by atoms with Gasteiger partial charge >= 0.3 is 0 Å². The molecule has 0 unspecified atom stereocenters. The quantitative estimate of drug-likeness (QED) is 0.630. The van der Waals surface area contributed by atoms with Gasteiger partial charge in [-0.15, -0.1) is 0 Å².